The van der Waals surface area contributed by atoms with Crippen molar-refractivity contribution in [3.8, 4) is 0 Å². The first kappa shape index (κ1) is 14.9. The number of carbonyl (C=O) groups is 1. The molecule has 1 saturated carbocycles. The predicted octanol–water partition coefficient (Wildman–Crippen LogP) is 2.40. The van der Waals surface area contributed by atoms with Gasteiger partial charge in [-0.1, -0.05) is 25.0 Å². The second-order valence-corrected chi connectivity index (χ2v) is 5.62. The molecular weight excluding hydrogens is 252 g/mol. The van der Waals surface area contributed by atoms with Gasteiger partial charge in [-0.05, 0) is 31.9 Å². The lowest BCUT2D eigenvalue weighted by molar-refractivity contribution is 0.0881. The van der Waals surface area contributed by atoms with Crippen LogP contribution >= 0.6 is 0 Å². The van der Waals surface area contributed by atoms with Crippen LogP contribution in [0.15, 0.2) is 24.3 Å². The van der Waals surface area contributed by atoms with E-state index in [1.165, 1.54) is 0 Å². The highest BCUT2D eigenvalue weighted by Crippen LogP contribution is 2.36. The van der Waals surface area contributed by atoms with E-state index in [2.05, 4.69) is 10.6 Å². The summed E-state index contributed by atoms with van der Waals surface area (Å²) in [5.74, 6) is -0.0683. The molecule has 1 aromatic rings. The van der Waals surface area contributed by atoms with E-state index in [0.717, 1.165) is 37.9 Å². The number of aliphatic hydroxyl groups is 1. The summed E-state index contributed by atoms with van der Waals surface area (Å²) in [6.07, 6.45) is 4.28. The Kier molecular flexibility index (Phi) is 5.01. The summed E-state index contributed by atoms with van der Waals surface area (Å²) in [5, 5.41) is 15.8. The van der Waals surface area contributed by atoms with Crippen molar-refractivity contribution >= 4 is 11.6 Å². The van der Waals surface area contributed by atoms with E-state index in [-0.39, 0.29) is 17.9 Å². The summed E-state index contributed by atoms with van der Waals surface area (Å²) in [6.45, 7) is 3.50. The Hall–Kier alpha value is -1.55. The quantitative estimate of drug-likeness (QED) is 0.747. The highest BCUT2D eigenvalue weighted by molar-refractivity contribution is 5.99. The number of hydrogen-bond acceptors (Lipinski definition) is 3. The maximum Gasteiger partial charge on any atom is 0.253 e. The third kappa shape index (κ3) is 3.31. The van der Waals surface area contributed by atoms with Gasteiger partial charge in [-0.15, -0.1) is 0 Å². The van der Waals surface area contributed by atoms with Crippen LogP contribution in [0.3, 0.4) is 0 Å². The average Bonchev–Trinajstić information content (AvgIpc) is 2.95. The van der Waals surface area contributed by atoms with Gasteiger partial charge in [0.1, 0.15) is 0 Å². The number of hydrogen-bond donors (Lipinski definition) is 3. The third-order valence-electron chi connectivity index (χ3n) is 4.16. The van der Waals surface area contributed by atoms with Gasteiger partial charge >= 0.3 is 0 Å². The largest absolute Gasteiger partial charge is 0.396 e. The smallest absolute Gasteiger partial charge is 0.253 e. The minimum Gasteiger partial charge on any atom is -0.396 e. The van der Waals surface area contributed by atoms with E-state index in [4.69, 9.17) is 0 Å². The molecule has 0 aromatic heterocycles. The molecule has 0 radical (unpaired) electrons. The molecule has 1 aromatic carbocycles. The van der Waals surface area contributed by atoms with E-state index in [0.29, 0.717) is 12.1 Å². The fourth-order valence-electron chi connectivity index (χ4n) is 2.90. The zero-order chi connectivity index (χ0) is 14.4. The number of carbonyl (C=O) groups excluding carboxylic acids is 1. The minimum absolute atomic E-state index is 0.0683. The molecule has 1 amide bonds. The van der Waals surface area contributed by atoms with Gasteiger partial charge in [-0.2, -0.15) is 0 Å². The normalized spacial score (nSPS) is 16.9. The van der Waals surface area contributed by atoms with E-state index in [1.807, 2.05) is 31.2 Å². The highest BCUT2D eigenvalue weighted by atomic mass is 16.3. The Balaban J connectivity index is 2.01. The first-order chi connectivity index (χ1) is 9.71. The van der Waals surface area contributed by atoms with Crippen molar-refractivity contribution < 1.29 is 9.90 Å². The monoisotopic (exact) mass is 276 g/mol. The van der Waals surface area contributed by atoms with E-state index in [1.54, 1.807) is 0 Å². The van der Waals surface area contributed by atoms with Gasteiger partial charge in [0.15, 0.2) is 0 Å². The molecule has 0 bridgehead atoms. The van der Waals surface area contributed by atoms with Crippen LogP contribution in [0.5, 0.6) is 0 Å². The zero-order valence-corrected chi connectivity index (χ0v) is 12.1. The number of benzene rings is 1. The molecule has 0 atom stereocenters. The van der Waals surface area contributed by atoms with Crippen LogP contribution in [0.25, 0.3) is 0 Å². The lowest BCUT2D eigenvalue weighted by atomic mass is 9.87. The van der Waals surface area contributed by atoms with Gasteiger partial charge in [0.25, 0.3) is 5.91 Å². The SMILES string of the molecule is CCNc1ccccc1C(=O)NCC1(CO)CCCC1. The fraction of sp³-hybridized carbons (Fsp3) is 0.562. The second-order valence-electron chi connectivity index (χ2n) is 5.62. The zero-order valence-electron chi connectivity index (χ0n) is 12.1. The Morgan fingerprint density at radius 3 is 2.65 bits per heavy atom. The Morgan fingerprint density at radius 1 is 1.30 bits per heavy atom. The van der Waals surface area contributed by atoms with Crippen molar-refractivity contribution in [1.82, 2.24) is 5.32 Å². The highest BCUT2D eigenvalue weighted by Gasteiger charge is 2.33. The molecule has 3 N–H and O–H groups in total. The Labute approximate surface area is 120 Å². The number of amides is 1. The molecule has 0 unspecified atom stereocenters. The fourth-order valence-corrected chi connectivity index (χ4v) is 2.90. The van der Waals surface area contributed by atoms with Crippen LogP contribution in [0.1, 0.15) is 43.0 Å². The van der Waals surface area contributed by atoms with E-state index >= 15 is 0 Å². The van der Waals surface area contributed by atoms with E-state index < -0.39 is 0 Å². The van der Waals surface area contributed by atoms with Gasteiger partial charge in [0, 0.05) is 24.2 Å². The van der Waals surface area contributed by atoms with Gasteiger partial charge < -0.3 is 15.7 Å². The summed E-state index contributed by atoms with van der Waals surface area (Å²) < 4.78 is 0. The predicted molar refractivity (Wildman–Crippen MR) is 80.9 cm³/mol. The van der Waals surface area contributed by atoms with Crippen molar-refractivity contribution in [3.05, 3.63) is 29.8 Å². The van der Waals surface area contributed by atoms with E-state index in [9.17, 15) is 9.90 Å². The molecule has 1 aliphatic carbocycles. The summed E-state index contributed by atoms with van der Waals surface area (Å²) in [4.78, 5) is 12.3. The molecule has 4 heteroatoms. The van der Waals surface area contributed by atoms with Crippen molar-refractivity contribution in [2.45, 2.75) is 32.6 Å². The van der Waals surface area contributed by atoms with Crippen LogP contribution < -0.4 is 10.6 Å². The van der Waals surface area contributed by atoms with Crippen LogP contribution in [-0.4, -0.2) is 30.7 Å². The number of aliphatic hydroxyl groups excluding tert-OH is 1. The van der Waals surface area contributed by atoms with Crippen molar-refractivity contribution in [2.75, 3.05) is 25.0 Å². The van der Waals surface area contributed by atoms with Gasteiger partial charge in [0.05, 0.1) is 12.2 Å². The number of nitrogens with one attached hydrogen (secondary N) is 2. The lowest BCUT2D eigenvalue weighted by Crippen LogP contribution is -2.38. The summed E-state index contributed by atoms with van der Waals surface area (Å²) in [7, 11) is 0. The molecule has 0 saturated heterocycles. The Bertz CT molecular complexity index is 454. The van der Waals surface area contributed by atoms with Crippen LogP contribution in [0, 0.1) is 5.41 Å². The molecule has 0 heterocycles. The molecule has 20 heavy (non-hydrogen) atoms. The maximum absolute atomic E-state index is 12.3. The molecule has 0 aliphatic heterocycles. The Morgan fingerprint density at radius 2 is 2.00 bits per heavy atom. The van der Waals surface area contributed by atoms with Crippen LogP contribution in [-0.2, 0) is 0 Å². The maximum atomic E-state index is 12.3. The average molecular weight is 276 g/mol. The van der Waals surface area contributed by atoms with Gasteiger partial charge in [-0.3, -0.25) is 4.79 Å². The topological polar surface area (TPSA) is 61.4 Å². The van der Waals surface area contributed by atoms with Crippen molar-refractivity contribution in [1.29, 1.82) is 0 Å². The molecule has 110 valence electrons. The first-order valence-corrected chi connectivity index (χ1v) is 7.43. The third-order valence-corrected chi connectivity index (χ3v) is 4.16. The number of anilines is 1. The standard InChI is InChI=1S/C16H24N2O2/c1-2-17-14-8-4-3-7-13(14)15(20)18-11-16(12-19)9-5-6-10-16/h3-4,7-8,17,19H,2,5-6,9-12H2,1H3,(H,18,20). The lowest BCUT2D eigenvalue weighted by Gasteiger charge is -2.26. The summed E-state index contributed by atoms with van der Waals surface area (Å²) in [5.41, 5.74) is 1.42. The van der Waals surface area contributed by atoms with Crippen molar-refractivity contribution in [2.24, 2.45) is 5.41 Å². The second kappa shape index (κ2) is 6.75. The number of rotatable bonds is 6. The van der Waals surface area contributed by atoms with Crippen LogP contribution in [0.4, 0.5) is 5.69 Å². The van der Waals surface area contributed by atoms with Gasteiger partial charge in [-0.25, -0.2) is 0 Å². The minimum atomic E-state index is -0.108. The molecule has 1 fully saturated rings. The molecular formula is C16H24N2O2. The summed E-state index contributed by atoms with van der Waals surface area (Å²) >= 11 is 0. The molecule has 2 rings (SSSR count). The van der Waals surface area contributed by atoms with Gasteiger partial charge in [0.2, 0.25) is 0 Å². The summed E-state index contributed by atoms with van der Waals surface area (Å²) in [6, 6.07) is 7.53. The van der Waals surface area contributed by atoms with Crippen LogP contribution in [0.2, 0.25) is 0 Å². The first-order valence-electron chi connectivity index (χ1n) is 7.43. The number of para-hydroxylation sites is 1. The molecule has 4 nitrogen and oxygen atoms in total. The van der Waals surface area contributed by atoms with Crippen molar-refractivity contribution in [3.63, 3.8) is 0 Å². The molecule has 0 spiro atoms. The molecule has 1 aliphatic rings.